The molecule has 0 aliphatic carbocycles. The zero-order valence-corrected chi connectivity index (χ0v) is 19.0. The van der Waals surface area contributed by atoms with Crippen molar-refractivity contribution in [3.05, 3.63) is 10.6 Å². The number of amides is 3. The predicted octanol–water partition coefficient (Wildman–Crippen LogP) is 1.87. The van der Waals surface area contributed by atoms with Crippen molar-refractivity contribution in [3.8, 4) is 0 Å². The van der Waals surface area contributed by atoms with E-state index in [-0.39, 0.29) is 24.1 Å². The fraction of sp³-hybridized carbons (Fsp3) is 0.700. The minimum atomic E-state index is -0.383. The number of nitrogens with zero attached hydrogens (tertiary/aromatic N) is 3. The van der Waals surface area contributed by atoms with Gasteiger partial charge in [-0.05, 0) is 26.2 Å². The van der Waals surface area contributed by atoms with Gasteiger partial charge in [-0.15, -0.1) is 0 Å². The first-order valence-corrected chi connectivity index (χ1v) is 11.4. The van der Waals surface area contributed by atoms with E-state index in [0.29, 0.717) is 36.6 Å². The Balaban J connectivity index is 1.74. The van der Waals surface area contributed by atoms with Crippen LogP contribution in [0.4, 0.5) is 5.13 Å². The van der Waals surface area contributed by atoms with Gasteiger partial charge in [0.15, 0.2) is 5.13 Å². The maximum Gasteiger partial charge on any atom is 0.281 e. The van der Waals surface area contributed by atoms with E-state index in [0.717, 1.165) is 44.2 Å². The molecule has 1 fully saturated rings. The van der Waals surface area contributed by atoms with Gasteiger partial charge < -0.3 is 14.5 Å². The number of aryl methyl sites for hydroxylation is 1. The zero-order valence-electron chi connectivity index (χ0n) is 18.2. The van der Waals surface area contributed by atoms with Crippen molar-refractivity contribution in [1.29, 1.82) is 0 Å². The number of hydrogen-bond donors (Lipinski definition) is 2. The normalized spacial score (nSPS) is 13.8. The molecular formula is C20H33N5O4S. The molecule has 2 heterocycles. The number of hydrogen-bond acceptors (Lipinski definition) is 7. The van der Waals surface area contributed by atoms with Crippen LogP contribution in [-0.2, 0) is 14.3 Å². The second-order valence-corrected chi connectivity index (χ2v) is 8.22. The third-order valence-electron chi connectivity index (χ3n) is 4.72. The van der Waals surface area contributed by atoms with Crippen LogP contribution in [0.1, 0.15) is 61.3 Å². The number of carbonyl (C=O) groups excluding carboxylic acids is 3. The van der Waals surface area contributed by atoms with Crippen LogP contribution in [0.15, 0.2) is 0 Å². The van der Waals surface area contributed by atoms with Crippen LogP contribution >= 0.6 is 11.3 Å². The second kappa shape index (κ2) is 12.5. The molecule has 30 heavy (non-hydrogen) atoms. The highest BCUT2D eigenvalue weighted by Gasteiger charge is 2.21. The molecule has 168 valence electrons. The van der Waals surface area contributed by atoms with Crippen molar-refractivity contribution in [2.45, 2.75) is 52.9 Å². The van der Waals surface area contributed by atoms with Gasteiger partial charge in [0, 0.05) is 39.0 Å². The Morgan fingerprint density at radius 2 is 1.77 bits per heavy atom. The van der Waals surface area contributed by atoms with Gasteiger partial charge >= 0.3 is 0 Å². The molecule has 0 spiro atoms. The van der Waals surface area contributed by atoms with Crippen molar-refractivity contribution in [2.75, 3.05) is 44.3 Å². The quantitative estimate of drug-likeness (QED) is 0.540. The third kappa shape index (κ3) is 7.24. The maximum absolute atomic E-state index is 12.4. The van der Waals surface area contributed by atoms with Crippen molar-refractivity contribution >= 4 is 34.2 Å². The lowest BCUT2D eigenvalue weighted by atomic mass is 10.2. The molecule has 9 nitrogen and oxygen atoms in total. The van der Waals surface area contributed by atoms with Gasteiger partial charge in [0.05, 0.1) is 18.9 Å². The molecule has 2 N–H and O–H groups in total. The highest BCUT2D eigenvalue weighted by Crippen LogP contribution is 2.26. The van der Waals surface area contributed by atoms with Crippen molar-refractivity contribution in [2.24, 2.45) is 0 Å². The average Bonchev–Trinajstić information content (AvgIpc) is 3.14. The van der Waals surface area contributed by atoms with Gasteiger partial charge in [-0.3, -0.25) is 25.2 Å². The van der Waals surface area contributed by atoms with Gasteiger partial charge in [0.25, 0.3) is 5.91 Å². The first-order chi connectivity index (χ1) is 14.5. The summed E-state index contributed by atoms with van der Waals surface area (Å²) in [5.41, 5.74) is 5.51. The molecule has 2 rings (SSSR count). The Morgan fingerprint density at radius 3 is 2.40 bits per heavy atom. The molecule has 1 aromatic heterocycles. The first-order valence-electron chi connectivity index (χ1n) is 10.6. The number of carbonyl (C=O) groups is 3. The van der Waals surface area contributed by atoms with Crippen molar-refractivity contribution < 1.29 is 19.1 Å². The van der Waals surface area contributed by atoms with E-state index in [1.807, 2.05) is 18.7 Å². The van der Waals surface area contributed by atoms with Crippen LogP contribution in [0, 0.1) is 6.92 Å². The van der Waals surface area contributed by atoms with Gasteiger partial charge in [0.2, 0.25) is 11.8 Å². The largest absolute Gasteiger partial charge is 0.378 e. The highest BCUT2D eigenvalue weighted by molar-refractivity contribution is 7.17. The molecular weight excluding hydrogens is 406 g/mol. The summed E-state index contributed by atoms with van der Waals surface area (Å²) in [5.74, 6) is -0.623. The Bertz CT molecular complexity index is 712. The Kier molecular flexibility index (Phi) is 10.0. The maximum atomic E-state index is 12.4. The lowest BCUT2D eigenvalue weighted by Gasteiger charge is -2.25. The summed E-state index contributed by atoms with van der Waals surface area (Å²) >= 11 is 1.31. The SMILES string of the molecule is CCCN(CCC)C(=O)CCCC(=O)NNC(=O)c1sc(N2CCOCC2)nc1C. The van der Waals surface area contributed by atoms with E-state index in [9.17, 15) is 14.4 Å². The number of thiazole rings is 1. The van der Waals surface area contributed by atoms with Crippen molar-refractivity contribution in [1.82, 2.24) is 20.7 Å². The number of rotatable bonds is 10. The van der Waals surface area contributed by atoms with E-state index in [2.05, 4.69) is 20.7 Å². The Morgan fingerprint density at radius 1 is 1.10 bits per heavy atom. The summed E-state index contributed by atoms with van der Waals surface area (Å²) < 4.78 is 5.34. The van der Waals surface area contributed by atoms with E-state index in [4.69, 9.17) is 4.74 Å². The van der Waals surface area contributed by atoms with Gasteiger partial charge in [-0.25, -0.2) is 4.98 Å². The molecule has 3 amide bonds. The summed E-state index contributed by atoms with van der Waals surface area (Å²) in [7, 11) is 0. The van der Waals surface area contributed by atoms with E-state index >= 15 is 0 Å². The van der Waals surface area contributed by atoms with Gasteiger partial charge in [-0.1, -0.05) is 25.2 Å². The summed E-state index contributed by atoms with van der Waals surface area (Å²) in [5, 5.41) is 0.787. The fourth-order valence-electron chi connectivity index (χ4n) is 3.19. The molecule has 1 aliphatic rings. The lowest BCUT2D eigenvalue weighted by molar-refractivity contribution is -0.131. The first kappa shape index (κ1) is 24.1. The summed E-state index contributed by atoms with van der Waals surface area (Å²) in [4.78, 5) is 45.6. The summed E-state index contributed by atoms with van der Waals surface area (Å²) in [6, 6.07) is 0. The molecule has 0 bridgehead atoms. The van der Waals surface area contributed by atoms with Gasteiger partial charge in [0.1, 0.15) is 4.88 Å². The Hall–Kier alpha value is -2.20. The molecule has 1 aliphatic heterocycles. The van der Waals surface area contributed by atoms with Gasteiger partial charge in [-0.2, -0.15) is 0 Å². The van der Waals surface area contributed by atoms with Crippen LogP contribution in [-0.4, -0.2) is 67.0 Å². The standard InChI is InChI=1S/C20H33N5O4S/c1-4-9-24(10-5-2)17(27)8-6-7-16(26)22-23-19(28)18-15(3)21-20(30-18)25-11-13-29-14-12-25/h4-14H2,1-3H3,(H,22,26)(H,23,28). The van der Waals surface area contributed by atoms with Crippen LogP contribution in [0.5, 0.6) is 0 Å². The molecule has 1 aromatic rings. The summed E-state index contributed by atoms with van der Waals surface area (Å²) in [6.45, 7) is 10.1. The minimum Gasteiger partial charge on any atom is -0.378 e. The van der Waals surface area contributed by atoms with E-state index in [1.54, 1.807) is 6.92 Å². The number of hydrazine groups is 1. The number of morpholine rings is 1. The third-order valence-corrected chi connectivity index (χ3v) is 5.94. The zero-order chi connectivity index (χ0) is 21.9. The lowest BCUT2D eigenvalue weighted by Crippen LogP contribution is -2.41. The number of anilines is 1. The number of aromatic nitrogens is 1. The predicted molar refractivity (Wildman–Crippen MR) is 117 cm³/mol. The molecule has 1 saturated heterocycles. The molecule has 0 saturated carbocycles. The number of ether oxygens (including phenoxy) is 1. The molecule has 0 atom stereocenters. The molecule has 10 heteroatoms. The van der Waals surface area contributed by atoms with Crippen LogP contribution in [0.25, 0.3) is 0 Å². The summed E-state index contributed by atoms with van der Waals surface area (Å²) in [6.07, 6.45) is 2.80. The van der Waals surface area contributed by atoms with E-state index in [1.165, 1.54) is 11.3 Å². The van der Waals surface area contributed by atoms with Crippen LogP contribution < -0.4 is 15.8 Å². The average molecular weight is 440 g/mol. The number of nitrogens with one attached hydrogen (secondary N) is 2. The minimum absolute atomic E-state index is 0.0754. The van der Waals surface area contributed by atoms with Crippen LogP contribution in [0.3, 0.4) is 0 Å². The van der Waals surface area contributed by atoms with Crippen molar-refractivity contribution in [3.63, 3.8) is 0 Å². The van der Waals surface area contributed by atoms with E-state index < -0.39 is 0 Å². The van der Waals surface area contributed by atoms with Crippen LogP contribution in [0.2, 0.25) is 0 Å². The smallest absolute Gasteiger partial charge is 0.281 e. The monoisotopic (exact) mass is 439 g/mol. The Labute approximate surface area is 182 Å². The highest BCUT2D eigenvalue weighted by atomic mass is 32.1. The topological polar surface area (TPSA) is 104 Å². The second-order valence-electron chi connectivity index (χ2n) is 7.25. The molecule has 0 radical (unpaired) electrons. The molecule has 0 aromatic carbocycles. The molecule has 0 unspecified atom stereocenters. The fourth-order valence-corrected chi connectivity index (χ4v) is 4.20.